The van der Waals surface area contributed by atoms with E-state index in [2.05, 4.69) is 43.8 Å². The summed E-state index contributed by atoms with van der Waals surface area (Å²) < 4.78 is 12.2. The van der Waals surface area contributed by atoms with E-state index < -0.39 is 11.0 Å². The largest absolute Gasteiger partial charge is 0.459 e. The molecular formula is C19H31IO3. The molecule has 23 heavy (non-hydrogen) atoms. The summed E-state index contributed by atoms with van der Waals surface area (Å²) in [5.41, 5.74) is -0.720. The minimum Gasteiger partial charge on any atom is -0.459 e. The Labute approximate surface area is 154 Å². The first kappa shape index (κ1) is 18.0. The molecule has 4 saturated carbocycles. The zero-order chi connectivity index (χ0) is 17.1. The van der Waals surface area contributed by atoms with Crippen molar-refractivity contribution in [3.8, 4) is 0 Å². The lowest BCUT2D eigenvalue weighted by Crippen LogP contribution is -2.63. The number of carbonyl (C=O) groups excluding carboxylic acids is 1. The Morgan fingerprint density at radius 3 is 2.17 bits per heavy atom. The fourth-order valence-electron chi connectivity index (χ4n) is 5.60. The zero-order valence-corrected chi connectivity index (χ0v) is 17.4. The molecule has 4 fully saturated rings. The maximum Gasteiger partial charge on any atom is 0.312 e. The van der Waals surface area contributed by atoms with Gasteiger partial charge in [0.2, 0.25) is 0 Å². The molecule has 0 aromatic carbocycles. The Morgan fingerprint density at radius 2 is 1.70 bits per heavy atom. The molecule has 0 heterocycles. The molecule has 2 unspecified atom stereocenters. The summed E-state index contributed by atoms with van der Waals surface area (Å²) in [5.74, 6) is 1.43. The van der Waals surface area contributed by atoms with Crippen LogP contribution in [0, 0.1) is 22.7 Å². The first-order chi connectivity index (χ1) is 10.6. The summed E-state index contributed by atoms with van der Waals surface area (Å²) in [6.45, 7) is 10.3. The van der Waals surface area contributed by atoms with Gasteiger partial charge in [0.15, 0.2) is 0 Å². The topological polar surface area (TPSA) is 35.5 Å². The Bertz CT molecular complexity index is 483. The highest BCUT2D eigenvalue weighted by Crippen LogP contribution is 2.67. The third-order valence-electron chi connectivity index (χ3n) is 7.23. The minimum absolute atomic E-state index is 0.0224. The average Bonchev–Trinajstić information content (AvgIpc) is 2.45. The van der Waals surface area contributed by atoms with Gasteiger partial charge in [0, 0.05) is 5.41 Å². The molecule has 0 amide bonds. The monoisotopic (exact) mass is 434 g/mol. The van der Waals surface area contributed by atoms with Crippen molar-refractivity contribution < 1.29 is 12.6 Å². The van der Waals surface area contributed by atoms with Gasteiger partial charge in [-0.15, -0.1) is 0 Å². The van der Waals surface area contributed by atoms with Crippen molar-refractivity contribution in [3.63, 3.8) is 0 Å². The minimum atomic E-state index is -0.422. The number of halogens is 1. The van der Waals surface area contributed by atoms with Crippen molar-refractivity contribution in [2.45, 2.75) is 90.8 Å². The van der Waals surface area contributed by atoms with E-state index in [0.29, 0.717) is 0 Å². The van der Waals surface area contributed by atoms with E-state index in [1.807, 2.05) is 13.8 Å². The number of carbonyl (C=O) groups is 1. The van der Waals surface area contributed by atoms with E-state index in [1.54, 1.807) is 0 Å². The lowest BCUT2D eigenvalue weighted by molar-refractivity contribution is -0.225. The second kappa shape index (κ2) is 5.58. The summed E-state index contributed by atoms with van der Waals surface area (Å²) in [4.78, 5) is 12.7. The van der Waals surface area contributed by atoms with Crippen LogP contribution in [-0.2, 0) is 12.6 Å². The Balaban J connectivity index is 1.86. The van der Waals surface area contributed by atoms with E-state index in [9.17, 15) is 4.79 Å². The Morgan fingerprint density at radius 1 is 1.13 bits per heavy atom. The summed E-state index contributed by atoms with van der Waals surface area (Å²) in [6.07, 6.45) is 7.96. The molecule has 0 aromatic heterocycles. The van der Waals surface area contributed by atoms with Crippen molar-refractivity contribution in [2.24, 2.45) is 22.7 Å². The lowest BCUT2D eigenvalue weighted by atomic mass is 9.44. The van der Waals surface area contributed by atoms with Gasteiger partial charge in [-0.05, 0) is 84.5 Å². The van der Waals surface area contributed by atoms with Crippen LogP contribution in [0.5, 0.6) is 0 Å². The first-order valence-corrected chi connectivity index (χ1v) is 9.98. The van der Waals surface area contributed by atoms with Crippen molar-refractivity contribution in [3.05, 3.63) is 0 Å². The van der Waals surface area contributed by atoms with Gasteiger partial charge in [-0.3, -0.25) is 4.79 Å². The standard InChI is InChI=1S/C19H31IO3/c1-6-16(2,3)15(21)22-17(4,5)18-8-13-7-14(9-18)11-19(10-13,12-18)23-20/h13-14H,6-12H2,1-5H3. The van der Waals surface area contributed by atoms with Crippen LogP contribution in [0.3, 0.4) is 0 Å². The molecule has 0 spiro atoms. The van der Waals surface area contributed by atoms with Crippen LogP contribution in [0.1, 0.15) is 79.6 Å². The molecule has 4 aliphatic rings. The third kappa shape index (κ3) is 2.86. The van der Waals surface area contributed by atoms with Crippen molar-refractivity contribution in [1.29, 1.82) is 0 Å². The smallest absolute Gasteiger partial charge is 0.312 e. The molecule has 132 valence electrons. The molecule has 4 aliphatic carbocycles. The molecule has 4 heteroatoms. The van der Waals surface area contributed by atoms with Crippen LogP contribution in [0.2, 0.25) is 0 Å². The SMILES string of the molecule is CCC(C)(C)C(=O)OC(C)(C)C12CC3CC(CC(OI)(C3)C1)C2. The van der Waals surface area contributed by atoms with Crippen LogP contribution in [-0.4, -0.2) is 17.2 Å². The van der Waals surface area contributed by atoms with Crippen LogP contribution in [0.25, 0.3) is 0 Å². The van der Waals surface area contributed by atoms with Gasteiger partial charge < -0.3 is 7.80 Å². The maximum atomic E-state index is 12.7. The molecule has 4 bridgehead atoms. The van der Waals surface area contributed by atoms with E-state index in [4.69, 9.17) is 7.80 Å². The zero-order valence-electron chi connectivity index (χ0n) is 15.2. The highest BCUT2D eigenvalue weighted by molar-refractivity contribution is 14.1. The van der Waals surface area contributed by atoms with Crippen LogP contribution in [0.15, 0.2) is 0 Å². The predicted molar refractivity (Wildman–Crippen MR) is 99.2 cm³/mol. The van der Waals surface area contributed by atoms with Gasteiger partial charge in [0.25, 0.3) is 0 Å². The van der Waals surface area contributed by atoms with Gasteiger partial charge in [-0.25, -0.2) is 0 Å². The van der Waals surface area contributed by atoms with Gasteiger partial charge in [0.1, 0.15) is 28.6 Å². The molecule has 0 radical (unpaired) electrons. The summed E-state index contributed by atoms with van der Waals surface area (Å²) in [5, 5.41) is 0. The average molecular weight is 434 g/mol. The summed E-state index contributed by atoms with van der Waals surface area (Å²) in [6, 6.07) is 0. The molecule has 3 nitrogen and oxygen atoms in total. The first-order valence-electron chi connectivity index (χ1n) is 9.10. The second-order valence-corrected chi connectivity index (χ2v) is 10.1. The molecule has 0 aromatic rings. The number of rotatable bonds is 5. The normalized spacial score (nSPS) is 39.6. The van der Waals surface area contributed by atoms with Crippen molar-refractivity contribution in [1.82, 2.24) is 0 Å². The van der Waals surface area contributed by atoms with Gasteiger partial charge in [0.05, 0.1) is 11.0 Å². The highest BCUT2D eigenvalue weighted by Gasteiger charge is 2.64. The quantitative estimate of drug-likeness (QED) is 0.427. The fourth-order valence-corrected chi connectivity index (χ4v) is 6.11. The van der Waals surface area contributed by atoms with Crippen molar-refractivity contribution in [2.75, 3.05) is 0 Å². The third-order valence-corrected chi connectivity index (χ3v) is 8.17. The molecule has 0 saturated heterocycles. The summed E-state index contributed by atoms with van der Waals surface area (Å²) in [7, 11) is 0. The molecule has 4 rings (SSSR count). The number of hydrogen-bond donors (Lipinski definition) is 0. The maximum absolute atomic E-state index is 12.7. The Kier molecular flexibility index (Phi) is 4.36. The van der Waals surface area contributed by atoms with Gasteiger partial charge >= 0.3 is 5.97 Å². The van der Waals surface area contributed by atoms with Crippen molar-refractivity contribution >= 4 is 29.0 Å². The van der Waals surface area contributed by atoms with E-state index in [0.717, 1.165) is 24.7 Å². The lowest BCUT2D eigenvalue weighted by Gasteiger charge is -2.64. The second-order valence-electron chi connectivity index (χ2n) is 9.64. The molecular weight excluding hydrogens is 403 g/mol. The highest BCUT2D eigenvalue weighted by atomic mass is 127. The van der Waals surface area contributed by atoms with Crippen LogP contribution in [0.4, 0.5) is 0 Å². The molecule has 0 aliphatic heterocycles. The van der Waals surface area contributed by atoms with E-state index in [-0.39, 0.29) is 17.0 Å². The molecule has 2 atom stereocenters. The van der Waals surface area contributed by atoms with Crippen LogP contribution >= 0.6 is 23.0 Å². The Hall–Kier alpha value is 0.160. The number of esters is 1. The number of hydrogen-bond acceptors (Lipinski definition) is 3. The van der Waals surface area contributed by atoms with Gasteiger partial charge in [-0.1, -0.05) is 6.92 Å². The summed E-state index contributed by atoms with van der Waals surface area (Å²) >= 11 is 2.11. The predicted octanol–water partition coefficient (Wildman–Crippen LogP) is 5.45. The van der Waals surface area contributed by atoms with Gasteiger partial charge in [-0.2, -0.15) is 0 Å². The van der Waals surface area contributed by atoms with E-state index in [1.165, 1.54) is 32.1 Å². The van der Waals surface area contributed by atoms with Crippen LogP contribution < -0.4 is 0 Å². The number of ether oxygens (including phenoxy) is 1. The molecule has 0 N–H and O–H groups in total. The fraction of sp³-hybridized carbons (Fsp3) is 0.947. The van der Waals surface area contributed by atoms with E-state index >= 15 is 0 Å².